The number of halogens is 1. The highest BCUT2D eigenvalue weighted by atomic mass is 19.1. The van der Waals surface area contributed by atoms with Crippen LogP contribution in [0.25, 0.3) is 0 Å². The maximum Gasteiger partial charge on any atom is 0.306 e. The number of benzene rings is 1. The third-order valence-electron chi connectivity index (χ3n) is 3.18. The van der Waals surface area contributed by atoms with Crippen molar-refractivity contribution in [2.45, 2.75) is 38.5 Å². The normalized spacial score (nSPS) is 12.1. The van der Waals surface area contributed by atoms with Crippen LogP contribution in [0.3, 0.4) is 0 Å². The first-order valence-electron chi connectivity index (χ1n) is 6.71. The lowest BCUT2D eigenvalue weighted by atomic mass is 9.93. The number of aliphatic carboxylic acids is 1. The molecule has 1 aromatic rings. The van der Waals surface area contributed by atoms with E-state index in [1.165, 1.54) is 12.1 Å². The number of hydrogen-bond donors (Lipinski definition) is 1. The van der Waals surface area contributed by atoms with Gasteiger partial charge in [-0.25, -0.2) is 4.39 Å². The van der Waals surface area contributed by atoms with Crippen LogP contribution in [-0.4, -0.2) is 11.1 Å². The van der Waals surface area contributed by atoms with E-state index in [0.717, 1.165) is 31.2 Å². The highest BCUT2D eigenvalue weighted by Crippen LogP contribution is 2.17. The summed E-state index contributed by atoms with van der Waals surface area (Å²) < 4.78 is 13.1. The summed E-state index contributed by atoms with van der Waals surface area (Å²) in [5.41, 5.74) is 0.749. The van der Waals surface area contributed by atoms with Gasteiger partial charge in [-0.3, -0.25) is 4.79 Å². The molecule has 0 saturated carbocycles. The Morgan fingerprint density at radius 2 is 2.16 bits per heavy atom. The Bertz CT molecular complexity index is 415. The first-order valence-corrected chi connectivity index (χ1v) is 6.71. The molecule has 0 aromatic heterocycles. The van der Waals surface area contributed by atoms with Crippen LogP contribution in [0, 0.1) is 11.7 Å². The van der Waals surface area contributed by atoms with Crippen molar-refractivity contribution < 1.29 is 14.3 Å². The lowest BCUT2D eigenvalue weighted by Gasteiger charge is -2.12. The van der Waals surface area contributed by atoms with Crippen LogP contribution in [0.1, 0.15) is 37.7 Å². The van der Waals surface area contributed by atoms with Gasteiger partial charge in [0, 0.05) is 0 Å². The minimum absolute atomic E-state index is 0.312. The van der Waals surface area contributed by atoms with Crippen LogP contribution in [0.2, 0.25) is 0 Å². The fraction of sp³-hybridized carbons (Fsp3) is 0.438. The van der Waals surface area contributed by atoms with Crippen LogP contribution < -0.4 is 0 Å². The van der Waals surface area contributed by atoms with Gasteiger partial charge in [-0.05, 0) is 43.4 Å². The topological polar surface area (TPSA) is 37.3 Å². The lowest BCUT2D eigenvalue weighted by Crippen LogP contribution is -2.16. The summed E-state index contributed by atoms with van der Waals surface area (Å²) in [6.45, 7) is 3.66. The van der Waals surface area contributed by atoms with Crippen LogP contribution in [0.4, 0.5) is 4.39 Å². The van der Waals surface area contributed by atoms with Gasteiger partial charge >= 0.3 is 5.97 Å². The fourth-order valence-corrected chi connectivity index (χ4v) is 2.12. The summed E-state index contributed by atoms with van der Waals surface area (Å²) in [4.78, 5) is 11.2. The Hall–Kier alpha value is -1.64. The van der Waals surface area contributed by atoms with Gasteiger partial charge in [-0.2, -0.15) is 0 Å². The molecule has 1 unspecified atom stereocenters. The molecule has 1 N–H and O–H groups in total. The summed E-state index contributed by atoms with van der Waals surface area (Å²) in [6.07, 6.45) is 6.84. The minimum atomic E-state index is -0.798. The lowest BCUT2D eigenvalue weighted by molar-refractivity contribution is -0.142. The van der Waals surface area contributed by atoms with Crippen LogP contribution >= 0.6 is 0 Å². The van der Waals surface area contributed by atoms with E-state index in [-0.39, 0.29) is 5.82 Å². The van der Waals surface area contributed by atoms with Crippen molar-refractivity contribution in [2.75, 3.05) is 0 Å². The zero-order valence-corrected chi connectivity index (χ0v) is 11.1. The molecule has 2 nitrogen and oxygen atoms in total. The van der Waals surface area contributed by atoms with Crippen LogP contribution in [0.15, 0.2) is 36.9 Å². The van der Waals surface area contributed by atoms with E-state index >= 15 is 0 Å². The molecular formula is C16H21FO2. The van der Waals surface area contributed by atoms with Gasteiger partial charge in [0.2, 0.25) is 0 Å². The van der Waals surface area contributed by atoms with E-state index in [9.17, 15) is 14.3 Å². The van der Waals surface area contributed by atoms with Crippen molar-refractivity contribution in [1.82, 2.24) is 0 Å². The molecule has 0 radical (unpaired) electrons. The average molecular weight is 264 g/mol. The summed E-state index contributed by atoms with van der Waals surface area (Å²) in [5, 5.41) is 9.20. The second-order valence-corrected chi connectivity index (χ2v) is 4.80. The number of carboxylic acid groups (broad SMARTS) is 1. The van der Waals surface area contributed by atoms with Crippen molar-refractivity contribution in [3.05, 3.63) is 48.3 Å². The fourth-order valence-electron chi connectivity index (χ4n) is 2.12. The summed E-state index contributed by atoms with van der Waals surface area (Å²) in [6, 6.07) is 6.17. The summed E-state index contributed by atoms with van der Waals surface area (Å²) in [5.74, 6) is -1.54. The number of carbonyl (C=O) groups is 1. The molecule has 0 saturated heterocycles. The Balaban J connectivity index is 2.44. The third kappa shape index (κ3) is 6.18. The van der Waals surface area contributed by atoms with Gasteiger partial charge in [0.05, 0.1) is 5.92 Å². The van der Waals surface area contributed by atoms with E-state index in [1.807, 2.05) is 6.08 Å². The number of carboxylic acids is 1. The molecule has 0 spiro atoms. The minimum Gasteiger partial charge on any atom is -0.481 e. The van der Waals surface area contributed by atoms with Crippen molar-refractivity contribution in [3.63, 3.8) is 0 Å². The van der Waals surface area contributed by atoms with Crippen molar-refractivity contribution >= 4 is 5.97 Å². The monoisotopic (exact) mass is 264 g/mol. The standard InChI is InChI=1S/C16H21FO2/c1-2-3-4-5-6-9-14(16(18)19)11-13-8-7-10-15(17)12-13/h2,7-8,10,12,14H,1,3-6,9,11H2,(H,18,19). The van der Waals surface area contributed by atoms with Gasteiger partial charge in [-0.1, -0.05) is 31.1 Å². The smallest absolute Gasteiger partial charge is 0.306 e. The van der Waals surface area contributed by atoms with E-state index in [2.05, 4.69) is 6.58 Å². The highest BCUT2D eigenvalue weighted by Gasteiger charge is 2.17. The molecule has 1 aromatic carbocycles. The molecule has 0 bridgehead atoms. The molecule has 104 valence electrons. The van der Waals surface area contributed by atoms with Crippen molar-refractivity contribution in [2.24, 2.45) is 5.92 Å². The zero-order chi connectivity index (χ0) is 14.1. The number of hydrogen-bond acceptors (Lipinski definition) is 1. The maximum atomic E-state index is 13.1. The van der Waals surface area contributed by atoms with E-state index in [0.29, 0.717) is 12.8 Å². The second kappa shape index (κ2) is 8.46. The largest absolute Gasteiger partial charge is 0.481 e. The molecule has 0 aliphatic rings. The molecular weight excluding hydrogens is 243 g/mol. The predicted molar refractivity (Wildman–Crippen MR) is 74.5 cm³/mol. The molecule has 1 rings (SSSR count). The van der Waals surface area contributed by atoms with Gasteiger partial charge in [0.15, 0.2) is 0 Å². The third-order valence-corrected chi connectivity index (χ3v) is 3.18. The van der Waals surface area contributed by atoms with Gasteiger partial charge < -0.3 is 5.11 Å². The number of allylic oxidation sites excluding steroid dienone is 1. The molecule has 19 heavy (non-hydrogen) atoms. The molecule has 0 aliphatic heterocycles. The quantitative estimate of drug-likeness (QED) is 0.536. The first-order chi connectivity index (χ1) is 9.13. The average Bonchev–Trinajstić information content (AvgIpc) is 2.37. The SMILES string of the molecule is C=CCCCCCC(Cc1cccc(F)c1)C(=O)O. The van der Waals surface area contributed by atoms with Gasteiger partial charge in [-0.15, -0.1) is 6.58 Å². The van der Waals surface area contributed by atoms with E-state index in [1.54, 1.807) is 12.1 Å². The Kier molecular flexibility index (Phi) is 6.86. The maximum absolute atomic E-state index is 13.1. The summed E-state index contributed by atoms with van der Waals surface area (Å²) >= 11 is 0. The molecule has 0 heterocycles. The second-order valence-electron chi connectivity index (χ2n) is 4.80. The van der Waals surface area contributed by atoms with Gasteiger partial charge in [0.25, 0.3) is 0 Å². The zero-order valence-electron chi connectivity index (χ0n) is 11.1. The molecule has 1 atom stereocenters. The predicted octanol–water partition coefficient (Wildman–Crippen LogP) is 4.21. The number of rotatable bonds is 9. The molecule has 0 amide bonds. The van der Waals surface area contributed by atoms with E-state index in [4.69, 9.17) is 0 Å². The Morgan fingerprint density at radius 3 is 2.79 bits per heavy atom. The first kappa shape index (κ1) is 15.4. The van der Waals surface area contributed by atoms with Crippen molar-refractivity contribution in [3.8, 4) is 0 Å². The van der Waals surface area contributed by atoms with E-state index < -0.39 is 11.9 Å². The summed E-state index contributed by atoms with van der Waals surface area (Å²) in [7, 11) is 0. The number of unbranched alkanes of at least 4 members (excludes halogenated alkanes) is 3. The van der Waals surface area contributed by atoms with Crippen molar-refractivity contribution in [1.29, 1.82) is 0 Å². The van der Waals surface area contributed by atoms with Crippen LogP contribution in [-0.2, 0) is 11.2 Å². The molecule has 0 fully saturated rings. The molecule has 3 heteroatoms. The Morgan fingerprint density at radius 1 is 1.37 bits per heavy atom. The Labute approximate surface area is 114 Å². The van der Waals surface area contributed by atoms with Crippen LogP contribution in [0.5, 0.6) is 0 Å². The highest BCUT2D eigenvalue weighted by molar-refractivity contribution is 5.70. The molecule has 0 aliphatic carbocycles. The van der Waals surface area contributed by atoms with Gasteiger partial charge in [0.1, 0.15) is 5.82 Å².